The maximum atomic E-state index is 12.7. The molecule has 1 saturated heterocycles. The van der Waals surface area contributed by atoms with Crippen LogP contribution in [-0.4, -0.2) is 41.7 Å². The molecule has 0 radical (unpaired) electrons. The van der Waals surface area contributed by atoms with E-state index in [1.807, 2.05) is 4.90 Å². The van der Waals surface area contributed by atoms with E-state index in [0.29, 0.717) is 13.1 Å². The van der Waals surface area contributed by atoms with E-state index in [9.17, 15) is 14.3 Å². The lowest BCUT2D eigenvalue weighted by atomic mass is 10.2. The van der Waals surface area contributed by atoms with Gasteiger partial charge in [0.05, 0.1) is 13.2 Å². The van der Waals surface area contributed by atoms with Gasteiger partial charge < -0.3 is 10.4 Å². The van der Waals surface area contributed by atoms with E-state index in [1.165, 1.54) is 12.1 Å². The third-order valence-corrected chi connectivity index (χ3v) is 3.46. The summed E-state index contributed by atoms with van der Waals surface area (Å²) in [6.45, 7) is 1.67. The van der Waals surface area contributed by atoms with Gasteiger partial charge in [-0.1, -0.05) is 12.1 Å². The summed E-state index contributed by atoms with van der Waals surface area (Å²) in [4.78, 5) is 13.8. The second kappa shape index (κ2) is 6.63. The first-order valence-corrected chi connectivity index (χ1v) is 6.55. The molecular formula is C14H19FN2O2. The van der Waals surface area contributed by atoms with Crippen LogP contribution in [0.25, 0.3) is 0 Å². The van der Waals surface area contributed by atoms with Crippen molar-refractivity contribution in [3.8, 4) is 0 Å². The Labute approximate surface area is 112 Å². The fraction of sp³-hybridized carbons (Fsp3) is 0.500. The molecule has 1 aromatic carbocycles. The summed E-state index contributed by atoms with van der Waals surface area (Å²) in [6.07, 6.45) is 1.97. The summed E-state index contributed by atoms with van der Waals surface area (Å²) in [5, 5.41) is 12.0. The zero-order chi connectivity index (χ0) is 13.7. The monoisotopic (exact) mass is 266 g/mol. The molecule has 1 aliphatic rings. The Balaban J connectivity index is 1.77. The van der Waals surface area contributed by atoms with Crippen LogP contribution >= 0.6 is 0 Å². The Morgan fingerprint density at radius 1 is 1.42 bits per heavy atom. The van der Waals surface area contributed by atoms with E-state index < -0.39 is 0 Å². The minimum atomic E-state index is -0.280. The number of nitrogens with one attached hydrogen (secondary N) is 1. The predicted octanol–water partition coefficient (Wildman–Crippen LogP) is 0.899. The number of hydrogen-bond donors (Lipinski definition) is 2. The highest BCUT2D eigenvalue weighted by molar-refractivity contribution is 5.78. The van der Waals surface area contributed by atoms with Crippen molar-refractivity contribution in [2.45, 2.75) is 25.4 Å². The molecule has 19 heavy (non-hydrogen) atoms. The van der Waals surface area contributed by atoms with Gasteiger partial charge in [0.25, 0.3) is 0 Å². The van der Waals surface area contributed by atoms with Crippen molar-refractivity contribution >= 4 is 5.91 Å². The summed E-state index contributed by atoms with van der Waals surface area (Å²) in [7, 11) is 0. The summed E-state index contributed by atoms with van der Waals surface area (Å²) in [5.74, 6) is -0.345. The SMILES string of the molecule is O=C(CN1CCC[C@@H]1CO)NCc1ccc(F)cc1. The number of likely N-dealkylation sites (tertiary alicyclic amines) is 1. The van der Waals surface area contributed by atoms with E-state index in [4.69, 9.17) is 0 Å². The van der Waals surface area contributed by atoms with Crippen molar-refractivity contribution in [2.24, 2.45) is 0 Å². The van der Waals surface area contributed by atoms with Crippen LogP contribution in [0.2, 0.25) is 0 Å². The van der Waals surface area contributed by atoms with Crippen LogP contribution in [0.1, 0.15) is 18.4 Å². The summed E-state index contributed by atoms with van der Waals surface area (Å²) in [5.41, 5.74) is 0.870. The molecule has 104 valence electrons. The molecule has 0 bridgehead atoms. The lowest BCUT2D eigenvalue weighted by Crippen LogP contribution is -2.40. The topological polar surface area (TPSA) is 52.6 Å². The number of carbonyl (C=O) groups is 1. The second-order valence-electron chi connectivity index (χ2n) is 4.85. The molecule has 1 aliphatic heterocycles. The Hall–Kier alpha value is -1.46. The van der Waals surface area contributed by atoms with Gasteiger partial charge in [0.15, 0.2) is 0 Å². The van der Waals surface area contributed by atoms with E-state index in [2.05, 4.69) is 5.32 Å². The molecule has 0 spiro atoms. The molecule has 2 N–H and O–H groups in total. The first-order valence-electron chi connectivity index (χ1n) is 6.55. The Kier molecular flexibility index (Phi) is 4.87. The molecule has 1 heterocycles. The molecule has 1 fully saturated rings. The van der Waals surface area contributed by atoms with Gasteiger partial charge in [0, 0.05) is 12.6 Å². The normalized spacial score (nSPS) is 19.6. The molecule has 0 saturated carbocycles. The van der Waals surface area contributed by atoms with Crippen molar-refractivity contribution < 1.29 is 14.3 Å². The van der Waals surface area contributed by atoms with Crippen molar-refractivity contribution in [1.29, 1.82) is 0 Å². The van der Waals surface area contributed by atoms with Crippen molar-refractivity contribution in [3.05, 3.63) is 35.6 Å². The van der Waals surface area contributed by atoms with Crippen molar-refractivity contribution in [2.75, 3.05) is 19.7 Å². The zero-order valence-corrected chi connectivity index (χ0v) is 10.8. The van der Waals surface area contributed by atoms with Gasteiger partial charge in [-0.3, -0.25) is 9.69 Å². The summed E-state index contributed by atoms with van der Waals surface area (Å²) in [6, 6.07) is 6.17. The van der Waals surface area contributed by atoms with Crippen LogP contribution in [0.5, 0.6) is 0 Å². The molecule has 0 aliphatic carbocycles. The van der Waals surface area contributed by atoms with E-state index in [0.717, 1.165) is 24.9 Å². The third kappa shape index (κ3) is 4.01. The van der Waals surface area contributed by atoms with E-state index >= 15 is 0 Å². The van der Waals surface area contributed by atoms with Crippen LogP contribution in [0, 0.1) is 5.82 Å². The lowest BCUT2D eigenvalue weighted by molar-refractivity contribution is -0.122. The maximum Gasteiger partial charge on any atom is 0.234 e. The Morgan fingerprint density at radius 3 is 2.84 bits per heavy atom. The van der Waals surface area contributed by atoms with Gasteiger partial charge >= 0.3 is 0 Å². The van der Waals surface area contributed by atoms with Crippen LogP contribution in [0.15, 0.2) is 24.3 Å². The molecule has 0 aromatic heterocycles. The Bertz CT molecular complexity index is 422. The Morgan fingerprint density at radius 2 is 2.16 bits per heavy atom. The van der Waals surface area contributed by atoms with Crippen LogP contribution in [0.4, 0.5) is 4.39 Å². The first kappa shape index (κ1) is 14.0. The minimum absolute atomic E-state index is 0.0651. The number of carbonyl (C=O) groups excluding carboxylic acids is 1. The zero-order valence-electron chi connectivity index (χ0n) is 10.8. The van der Waals surface area contributed by atoms with Crippen molar-refractivity contribution in [3.63, 3.8) is 0 Å². The quantitative estimate of drug-likeness (QED) is 0.832. The van der Waals surface area contributed by atoms with Gasteiger partial charge in [-0.25, -0.2) is 4.39 Å². The average Bonchev–Trinajstić information content (AvgIpc) is 2.85. The first-order chi connectivity index (χ1) is 9.19. The van der Waals surface area contributed by atoms with Gasteiger partial charge in [0.1, 0.15) is 5.82 Å². The molecule has 0 unspecified atom stereocenters. The molecule has 1 amide bonds. The van der Waals surface area contributed by atoms with Gasteiger partial charge in [-0.2, -0.15) is 0 Å². The molecular weight excluding hydrogens is 247 g/mol. The number of aliphatic hydroxyl groups excluding tert-OH is 1. The largest absolute Gasteiger partial charge is 0.395 e. The third-order valence-electron chi connectivity index (χ3n) is 3.46. The molecule has 1 atom stereocenters. The lowest BCUT2D eigenvalue weighted by Gasteiger charge is -2.21. The number of amides is 1. The number of benzene rings is 1. The standard InChI is InChI=1S/C14H19FN2O2/c15-12-5-3-11(4-6-12)8-16-14(19)9-17-7-1-2-13(17)10-18/h3-6,13,18H,1-2,7-10H2,(H,16,19)/t13-/m1/s1. The number of aliphatic hydroxyl groups is 1. The van der Waals surface area contributed by atoms with E-state index in [-0.39, 0.29) is 24.4 Å². The summed E-state index contributed by atoms with van der Waals surface area (Å²) < 4.78 is 12.7. The predicted molar refractivity (Wildman–Crippen MR) is 69.9 cm³/mol. The number of nitrogens with zero attached hydrogens (tertiary/aromatic N) is 1. The molecule has 5 heteroatoms. The van der Waals surface area contributed by atoms with Crippen LogP contribution in [-0.2, 0) is 11.3 Å². The van der Waals surface area contributed by atoms with Crippen LogP contribution < -0.4 is 5.32 Å². The van der Waals surface area contributed by atoms with Crippen LogP contribution in [0.3, 0.4) is 0 Å². The highest BCUT2D eigenvalue weighted by Gasteiger charge is 2.25. The van der Waals surface area contributed by atoms with Gasteiger partial charge in [-0.05, 0) is 37.1 Å². The maximum absolute atomic E-state index is 12.7. The highest BCUT2D eigenvalue weighted by atomic mass is 19.1. The fourth-order valence-corrected chi connectivity index (χ4v) is 2.35. The second-order valence-corrected chi connectivity index (χ2v) is 4.85. The van der Waals surface area contributed by atoms with Gasteiger partial charge in [-0.15, -0.1) is 0 Å². The average molecular weight is 266 g/mol. The molecule has 1 aromatic rings. The molecule has 4 nitrogen and oxygen atoms in total. The number of rotatable bonds is 5. The fourth-order valence-electron chi connectivity index (χ4n) is 2.35. The number of hydrogen-bond acceptors (Lipinski definition) is 3. The van der Waals surface area contributed by atoms with Gasteiger partial charge in [0.2, 0.25) is 5.91 Å². The molecule has 2 rings (SSSR count). The highest BCUT2D eigenvalue weighted by Crippen LogP contribution is 2.15. The summed E-state index contributed by atoms with van der Waals surface area (Å²) >= 11 is 0. The van der Waals surface area contributed by atoms with Crippen molar-refractivity contribution in [1.82, 2.24) is 10.2 Å². The smallest absolute Gasteiger partial charge is 0.234 e. The number of halogens is 1. The minimum Gasteiger partial charge on any atom is -0.395 e. The van der Waals surface area contributed by atoms with E-state index in [1.54, 1.807) is 12.1 Å².